The van der Waals surface area contributed by atoms with E-state index in [4.69, 9.17) is 4.74 Å². The molecule has 1 aromatic carbocycles. The Bertz CT molecular complexity index is 764. The molecule has 1 fully saturated rings. The fourth-order valence-corrected chi connectivity index (χ4v) is 2.77. The number of phenols is 1. The van der Waals surface area contributed by atoms with Gasteiger partial charge >= 0.3 is 6.09 Å². The second-order valence-electron chi connectivity index (χ2n) is 6.70. The molecule has 3 rings (SSSR count). The van der Waals surface area contributed by atoms with E-state index in [0.717, 1.165) is 5.82 Å². The third-order valence-electron chi connectivity index (χ3n) is 4.19. The Balaban J connectivity index is 0.00000261. The Labute approximate surface area is 154 Å². The van der Waals surface area contributed by atoms with Crippen molar-refractivity contribution >= 4 is 11.9 Å². The van der Waals surface area contributed by atoms with E-state index in [1.165, 1.54) is 0 Å². The number of piperazine rings is 1. The van der Waals surface area contributed by atoms with E-state index < -0.39 is 0 Å². The van der Waals surface area contributed by atoms with Crippen LogP contribution in [-0.4, -0.2) is 58.9 Å². The largest absolute Gasteiger partial charge is 0.507 e. The SMILES string of the molecule is CC(C)COC(=O)N1CCN(c2ccnc(-c3ccccc3O)n2)CC1.[HH]. The molecular weight excluding hydrogens is 332 g/mol. The summed E-state index contributed by atoms with van der Waals surface area (Å²) < 4.78 is 5.29. The molecule has 140 valence electrons. The average molecular weight is 358 g/mol. The number of phenolic OH excluding ortho intramolecular Hbond substituents is 1. The highest BCUT2D eigenvalue weighted by Gasteiger charge is 2.23. The Hall–Kier alpha value is -2.83. The number of para-hydroxylation sites is 1. The number of carbonyl (C=O) groups is 1. The number of ether oxygens (including phenoxy) is 1. The zero-order valence-corrected chi connectivity index (χ0v) is 15.1. The van der Waals surface area contributed by atoms with Crippen LogP contribution >= 0.6 is 0 Å². The van der Waals surface area contributed by atoms with Gasteiger partial charge < -0.3 is 19.6 Å². The molecule has 2 aromatic rings. The molecule has 0 aliphatic carbocycles. The van der Waals surface area contributed by atoms with Crippen LogP contribution in [-0.2, 0) is 4.74 Å². The Morgan fingerprint density at radius 2 is 1.96 bits per heavy atom. The van der Waals surface area contributed by atoms with Gasteiger partial charge in [-0.1, -0.05) is 26.0 Å². The highest BCUT2D eigenvalue weighted by Crippen LogP contribution is 2.27. The van der Waals surface area contributed by atoms with Crippen LogP contribution < -0.4 is 4.90 Å². The van der Waals surface area contributed by atoms with Gasteiger partial charge in [-0.2, -0.15) is 0 Å². The fourth-order valence-electron chi connectivity index (χ4n) is 2.77. The quantitative estimate of drug-likeness (QED) is 0.905. The maximum absolute atomic E-state index is 12.1. The second-order valence-corrected chi connectivity index (χ2v) is 6.70. The highest BCUT2D eigenvalue weighted by atomic mass is 16.6. The first kappa shape index (κ1) is 18.0. The fraction of sp³-hybridized carbons (Fsp3) is 0.421. The molecule has 2 heterocycles. The van der Waals surface area contributed by atoms with Crippen molar-refractivity contribution in [1.29, 1.82) is 0 Å². The molecular formula is C19H26N4O3. The maximum Gasteiger partial charge on any atom is 0.409 e. The van der Waals surface area contributed by atoms with Gasteiger partial charge in [0.1, 0.15) is 11.6 Å². The number of aromatic hydroxyl groups is 1. The Kier molecular flexibility index (Phi) is 5.55. The van der Waals surface area contributed by atoms with Crippen molar-refractivity contribution in [2.75, 3.05) is 37.7 Å². The number of rotatable bonds is 4. The minimum absolute atomic E-state index is 0. The molecule has 0 saturated carbocycles. The van der Waals surface area contributed by atoms with Crippen LogP contribution in [0, 0.1) is 5.92 Å². The van der Waals surface area contributed by atoms with E-state index in [0.29, 0.717) is 50.1 Å². The summed E-state index contributed by atoms with van der Waals surface area (Å²) in [7, 11) is 0. The molecule has 1 saturated heterocycles. The molecule has 26 heavy (non-hydrogen) atoms. The number of aromatic nitrogens is 2. The van der Waals surface area contributed by atoms with Crippen LogP contribution in [0.5, 0.6) is 5.75 Å². The number of anilines is 1. The number of amides is 1. The van der Waals surface area contributed by atoms with Crippen molar-refractivity contribution in [2.45, 2.75) is 13.8 Å². The Morgan fingerprint density at radius 1 is 1.23 bits per heavy atom. The van der Waals surface area contributed by atoms with Crippen LogP contribution in [0.15, 0.2) is 36.5 Å². The summed E-state index contributed by atoms with van der Waals surface area (Å²) in [6.45, 7) is 7.00. The zero-order chi connectivity index (χ0) is 18.5. The average Bonchev–Trinajstić information content (AvgIpc) is 2.66. The van der Waals surface area contributed by atoms with Crippen LogP contribution in [0.4, 0.5) is 10.6 Å². The number of benzene rings is 1. The molecule has 0 unspecified atom stereocenters. The minimum atomic E-state index is -0.254. The third-order valence-corrected chi connectivity index (χ3v) is 4.19. The Morgan fingerprint density at radius 3 is 2.65 bits per heavy atom. The summed E-state index contributed by atoms with van der Waals surface area (Å²) in [5.74, 6) is 1.75. The molecule has 1 aromatic heterocycles. The molecule has 1 aliphatic rings. The summed E-state index contributed by atoms with van der Waals surface area (Å²) >= 11 is 0. The van der Waals surface area contributed by atoms with Gasteiger partial charge in [0.25, 0.3) is 0 Å². The van der Waals surface area contributed by atoms with Gasteiger partial charge in [0.15, 0.2) is 5.82 Å². The lowest BCUT2D eigenvalue weighted by Crippen LogP contribution is -2.49. The molecule has 7 nitrogen and oxygen atoms in total. The van der Waals surface area contributed by atoms with E-state index in [1.807, 2.05) is 26.0 Å². The summed E-state index contributed by atoms with van der Waals surface area (Å²) in [5, 5.41) is 10.00. The number of hydrogen-bond donors (Lipinski definition) is 1. The van der Waals surface area contributed by atoms with Crippen LogP contribution in [0.1, 0.15) is 15.3 Å². The number of carbonyl (C=O) groups excluding carboxylic acids is 1. The summed E-state index contributed by atoms with van der Waals surface area (Å²) in [6.07, 6.45) is 1.43. The van der Waals surface area contributed by atoms with E-state index >= 15 is 0 Å². The van der Waals surface area contributed by atoms with Crippen molar-refractivity contribution in [2.24, 2.45) is 5.92 Å². The van der Waals surface area contributed by atoms with Crippen LogP contribution in [0.25, 0.3) is 11.4 Å². The third kappa shape index (κ3) is 4.22. The minimum Gasteiger partial charge on any atom is -0.507 e. The number of hydrogen-bond acceptors (Lipinski definition) is 6. The smallest absolute Gasteiger partial charge is 0.409 e. The monoisotopic (exact) mass is 358 g/mol. The second kappa shape index (κ2) is 8.03. The normalized spacial score (nSPS) is 14.6. The molecule has 1 aliphatic heterocycles. The first-order valence-corrected chi connectivity index (χ1v) is 8.82. The van der Waals surface area contributed by atoms with Gasteiger partial charge in [-0.25, -0.2) is 14.8 Å². The van der Waals surface area contributed by atoms with Crippen molar-refractivity contribution in [3.8, 4) is 17.1 Å². The van der Waals surface area contributed by atoms with Gasteiger partial charge in [0.2, 0.25) is 0 Å². The van der Waals surface area contributed by atoms with Gasteiger partial charge in [-0.15, -0.1) is 0 Å². The van der Waals surface area contributed by atoms with E-state index in [1.54, 1.807) is 29.3 Å². The molecule has 7 heteroatoms. The predicted molar refractivity (Wildman–Crippen MR) is 101 cm³/mol. The standard InChI is InChI=1S/C19H24N4O3.H2/c1-14(2)13-26-19(25)23-11-9-22(10-12-23)17-7-8-20-18(21-17)15-5-3-4-6-16(15)24;/h3-8,14,24H,9-13H2,1-2H3;1H. The van der Waals surface area contributed by atoms with Crippen LogP contribution in [0.2, 0.25) is 0 Å². The van der Waals surface area contributed by atoms with E-state index in [9.17, 15) is 9.90 Å². The van der Waals surface area contributed by atoms with E-state index in [2.05, 4.69) is 14.9 Å². The van der Waals surface area contributed by atoms with E-state index in [-0.39, 0.29) is 13.3 Å². The maximum atomic E-state index is 12.1. The van der Waals surface area contributed by atoms with Crippen molar-refractivity contribution in [3.05, 3.63) is 36.5 Å². The van der Waals surface area contributed by atoms with Crippen molar-refractivity contribution in [1.82, 2.24) is 14.9 Å². The first-order valence-electron chi connectivity index (χ1n) is 8.82. The molecule has 0 bridgehead atoms. The molecule has 0 atom stereocenters. The summed E-state index contributed by atoms with van der Waals surface area (Å²) in [6, 6.07) is 8.85. The number of nitrogens with zero attached hydrogens (tertiary/aromatic N) is 4. The van der Waals surface area contributed by atoms with Crippen molar-refractivity contribution in [3.63, 3.8) is 0 Å². The summed E-state index contributed by atoms with van der Waals surface area (Å²) in [4.78, 5) is 24.7. The lowest BCUT2D eigenvalue weighted by Gasteiger charge is -2.34. The predicted octanol–water partition coefficient (Wildman–Crippen LogP) is 3.01. The van der Waals surface area contributed by atoms with Gasteiger partial charge in [0.05, 0.1) is 12.2 Å². The first-order chi connectivity index (χ1) is 12.5. The topological polar surface area (TPSA) is 78.8 Å². The van der Waals surface area contributed by atoms with Gasteiger partial charge in [-0.3, -0.25) is 0 Å². The lowest BCUT2D eigenvalue weighted by atomic mass is 10.2. The molecule has 1 amide bonds. The molecule has 0 spiro atoms. The zero-order valence-electron chi connectivity index (χ0n) is 15.1. The molecule has 0 radical (unpaired) electrons. The highest BCUT2D eigenvalue weighted by molar-refractivity contribution is 5.68. The lowest BCUT2D eigenvalue weighted by molar-refractivity contribution is 0.0901. The van der Waals surface area contributed by atoms with Crippen molar-refractivity contribution < 1.29 is 16.1 Å². The van der Waals surface area contributed by atoms with Crippen LogP contribution in [0.3, 0.4) is 0 Å². The van der Waals surface area contributed by atoms with Gasteiger partial charge in [0, 0.05) is 33.8 Å². The van der Waals surface area contributed by atoms with Gasteiger partial charge in [-0.05, 0) is 24.1 Å². The summed E-state index contributed by atoms with van der Waals surface area (Å²) in [5.41, 5.74) is 0.602. The molecule has 1 N–H and O–H groups in total.